The zero-order valence-corrected chi connectivity index (χ0v) is 21.3. The van der Waals surface area contributed by atoms with E-state index in [1.54, 1.807) is 6.07 Å². The maximum atomic E-state index is 13.3. The number of allylic oxidation sites excluding steroid dienone is 4. The number of alkyl halides is 2. The van der Waals surface area contributed by atoms with Crippen LogP contribution in [0.4, 0.5) is 8.78 Å². The van der Waals surface area contributed by atoms with E-state index in [-0.39, 0.29) is 5.56 Å². The molecule has 2 rings (SSSR count). The van der Waals surface area contributed by atoms with Crippen LogP contribution in [-0.4, -0.2) is 11.2 Å². The van der Waals surface area contributed by atoms with Gasteiger partial charge < -0.3 is 5.11 Å². The Morgan fingerprint density at radius 1 is 1.24 bits per heavy atom. The van der Waals surface area contributed by atoms with Gasteiger partial charge in [-0.15, -0.1) is 0 Å². The van der Waals surface area contributed by atoms with Crippen molar-refractivity contribution in [3.8, 4) is 0 Å². The number of hydrogen-bond donors (Lipinski definition) is 1. The largest absolute Gasteiger partial charge is 0.389 e. The van der Waals surface area contributed by atoms with E-state index in [2.05, 4.69) is 45.6 Å². The lowest BCUT2D eigenvalue weighted by molar-refractivity contribution is 0.0174. The van der Waals surface area contributed by atoms with Gasteiger partial charge in [0.15, 0.2) is 0 Å². The number of aliphatic hydroxyl groups is 1. The highest BCUT2D eigenvalue weighted by Gasteiger charge is 2.24. The van der Waals surface area contributed by atoms with Gasteiger partial charge in [-0.05, 0) is 81.8 Å². The van der Waals surface area contributed by atoms with Gasteiger partial charge in [0.1, 0.15) is 0 Å². The van der Waals surface area contributed by atoms with Crippen molar-refractivity contribution >= 4 is 0 Å². The van der Waals surface area contributed by atoms with E-state index in [1.165, 1.54) is 69.1 Å². The van der Waals surface area contributed by atoms with Crippen molar-refractivity contribution in [1.82, 2.24) is 0 Å². The monoisotopic (exact) mass is 460 g/mol. The average molecular weight is 461 g/mol. The summed E-state index contributed by atoms with van der Waals surface area (Å²) in [5.41, 5.74) is 2.30. The first-order chi connectivity index (χ1) is 15.6. The molecule has 0 aromatic heterocycles. The molecule has 0 radical (unpaired) electrons. The molecule has 1 aliphatic carbocycles. The summed E-state index contributed by atoms with van der Waals surface area (Å²) in [5.74, 6) is -1.43. The molecule has 0 amide bonds. The molecule has 186 valence electrons. The Morgan fingerprint density at radius 3 is 2.55 bits per heavy atom. The number of aryl methyl sites for hydroxylation is 1. The number of benzene rings is 1. The van der Waals surface area contributed by atoms with Gasteiger partial charge >= 0.3 is 0 Å². The lowest BCUT2D eigenvalue weighted by atomic mass is 10.00. The van der Waals surface area contributed by atoms with E-state index in [4.69, 9.17) is 0 Å². The highest BCUT2D eigenvalue weighted by molar-refractivity contribution is 5.26. The van der Waals surface area contributed by atoms with Gasteiger partial charge in [-0.3, -0.25) is 0 Å². The number of aliphatic hydroxyl groups excluding tert-OH is 1. The van der Waals surface area contributed by atoms with Crippen molar-refractivity contribution in [1.29, 1.82) is 0 Å². The third kappa shape index (κ3) is 14.2. The molecule has 0 saturated heterocycles. The van der Waals surface area contributed by atoms with Crippen molar-refractivity contribution in [2.75, 3.05) is 0 Å². The first-order valence-corrected chi connectivity index (χ1v) is 12.7. The summed E-state index contributed by atoms with van der Waals surface area (Å²) in [7, 11) is 0. The van der Waals surface area contributed by atoms with Crippen LogP contribution in [0.2, 0.25) is 0 Å². The Bertz CT molecular complexity index is 721. The molecule has 0 heterocycles. The minimum Gasteiger partial charge on any atom is -0.389 e. The summed E-state index contributed by atoms with van der Waals surface area (Å²) in [4.78, 5) is 0. The third-order valence-corrected chi connectivity index (χ3v) is 6.00. The van der Waals surface area contributed by atoms with E-state index in [0.717, 1.165) is 18.4 Å². The number of rotatable bonds is 12. The van der Waals surface area contributed by atoms with E-state index >= 15 is 0 Å². The minimum absolute atomic E-state index is 0.0380. The van der Waals surface area contributed by atoms with E-state index in [0.29, 0.717) is 18.8 Å². The fourth-order valence-corrected chi connectivity index (χ4v) is 4.16. The molecule has 0 spiro atoms. The second-order valence-electron chi connectivity index (χ2n) is 9.93. The van der Waals surface area contributed by atoms with Gasteiger partial charge in [-0.25, -0.2) is 8.78 Å². The molecule has 1 saturated carbocycles. The Morgan fingerprint density at radius 2 is 1.94 bits per heavy atom. The third-order valence-electron chi connectivity index (χ3n) is 6.00. The van der Waals surface area contributed by atoms with E-state index in [1.807, 2.05) is 12.1 Å². The van der Waals surface area contributed by atoms with Crippen molar-refractivity contribution in [2.24, 2.45) is 11.8 Å². The topological polar surface area (TPSA) is 20.2 Å². The number of unbranched alkanes of at least 4 members (excludes halogenated alkanes) is 1. The summed E-state index contributed by atoms with van der Waals surface area (Å²) in [5, 5.41) is 9.97. The smallest absolute Gasteiger partial charge is 0.270 e. The molecule has 1 fully saturated rings. The van der Waals surface area contributed by atoms with Crippen molar-refractivity contribution < 1.29 is 13.9 Å². The molecule has 1 unspecified atom stereocenters. The average Bonchev–Trinajstić information content (AvgIpc) is 3.27. The van der Waals surface area contributed by atoms with Gasteiger partial charge in [0.25, 0.3) is 5.92 Å². The highest BCUT2D eigenvalue weighted by atomic mass is 19.3. The molecule has 3 heteroatoms. The standard InChI is InChI=1S/C18H24F2O.C12H22/c1-18(19,20)16-8-4-7-15(13-16)10-12-17(21)11-9-14-5-2-3-6-14;1-5-6-7-8-9-12(4)10-11(2)3/h4,7-9,11,13-14,17,21H,2-3,5-6,10,12H2,1H3;5-6,11H,4,7-10H2,1-3H3/b11-9+;6-5-. The van der Waals surface area contributed by atoms with Crippen molar-refractivity contribution in [3.05, 3.63) is 71.8 Å². The predicted molar refractivity (Wildman–Crippen MR) is 139 cm³/mol. The van der Waals surface area contributed by atoms with Gasteiger partial charge in [0, 0.05) is 12.5 Å². The Labute approximate surface area is 201 Å². The van der Waals surface area contributed by atoms with Gasteiger partial charge in [0.05, 0.1) is 6.10 Å². The second kappa shape index (κ2) is 16.0. The lowest BCUT2D eigenvalue weighted by Gasteiger charge is -2.12. The van der Waals surface area contributed by atoms with Crippen LogP contribution in [0.15, 0.2) is 60.7 Å². The number of hydrogen-bond acceptors (Lipinski definition) is 1. The summed E-state index contributed by atoms with van der Waals surface area (Å²) >= 11 is 0. The van der Waals surface area contributed by atoms with Crippen molar-refractivity contribution in [3.63, 3.8) is 0 Å². The van der Waals surface area contributed by atoms with Gasteiger partial charge in [-0.2, -0.15) is 0 Å². The lowest BCUT2D eigenvalue weighted by Crippen LogP contribution is -2.08. The van der Waals surface area contributed by atoms with E-state index < -0.39 is 12.0 Å². The highest BCUT2D eigenvalue weighted by Crippen LogP contribution is 2.28. The molecular formula is C30H46F2O. The molecule has 1 aromatic carbocycles. The first-order valence-electron chi connectivity index (χ1n) is 12.7. The zero-order chi connectivity index (χ0) is 24.7. The molecule has 1 atom stereocenters. The quantitative estimate of drug-likeness (QED) is 0.243. The fourth-order valence-electron chi connectivity index (χ4n) is 4.16. The van der Waals surface area contributed by atoms with Crippen LogP contribution < -0.4 is 0 Å². The second-order valence-corrected chi connectivity index (χ2v) is 9.93. The van der Waals surface area contributed by atoms with Crippen molar-refractivity contribution in [2.45, 2.75) is 104 Å². The summed E-state index contributed by atoms with van der Waals surface area (Å²) < 4.78 is 26.5. The van der Waals surface area contributed by atoms with Crippen LogP contribution in [0.25, 0.3) is 0 Å². The molecule has 33 heavy (non-hydrogen) atoms. The minimum atomic E-state index is -2.81. The maximum Gasteiger partial charge on any atom is 0.270 e. The summed E-state index contributed by atoms with van der Waals surface area (Å²) in [6.45, 7) is 11.5. The molecule has 0 bridgehead atoms. The van der Waals surface area contributed by atoms with Crippen LogP contribution in [-0.2, 0) is 12.3 Å². The Balaban J connectivity index is 0.000000389. The SMILES string of the molecule is C=C(CCC/C=C\C)CC(C)C.CC(F)(F)c1cccc(CCC(O)/C=C/C2CCCC2)c1. The molecule has 1 nitrogen and oxygen atoms in total. The molecule has 1 aliphatic rings. The predicted octanol–water partition coefficient (Wildman–Crippen LogP) is 9.17. The molecule has 0 aliphatic heterocycles. The fraction of sp³-hybridized carbons (Fsp3) is 0.600. The van der Waals surface area contributed by atoms with Crippen LogP contribution in [0, 0.1) is 11.8 Å². The van der Waals surface area contributed by atoms with Crippen LogP contribution in [0.5, 0.6) is 0 Å². The normalized spacial score (nSPS) is 15.9. The Hall–Kier alpha value is -1.74. The maximum absolute atomic E-state index is 13.3. The first kappa shape index (κ1) is 29.3. The van der Waals surface area contributed by atoms with E-state index in [9.17, 15) is 13.9 Å². The van der Waals surface area contributed by atoms with Crippen LogP contribution in [0.1, 0.15) is 96.6 Å². The zero-order valence-electron chi connectivity index (χ0n) is 21.3. The number of halogens is 2. The molecular weight excluding hydrogens is 414 g/mol. The van der Waals surface area contributed by atoms with Gasteiger partial charge in [-0.1, -0.05) is 81.3 Å². The molecule has 1 N–H and O–H groups in total. The van der Waals surface area contributed by atoms with Crippen LogP contribution >= 0.6 is 0 Å². The van der Waals surface area contributed by atoms with Crippen LogP contribution in [0.3, 0.4) is 0 Å². The van der Waals surface area contributed by atoms with Gasteiger partial charge in [0.2, 0.25) is 0 Å². The summed E-state index contributed by atoms with van der Waals surface area (Å²) in [6, 6.07) is 6.47. The summed E-state index contributed by atoms with van der Waals surface area (Å²) in [6.07, 6.45) is 18.9. The Kier molecular flexibility index (Phi) is 14.2. The molecule has 1 aromatic rings.